The number of ether oxygens (including phenoxy) is 1. The molecule has 0 spiro atoms. The maximum atomic E-state index is 12.2. The summed E-state index contributed by atoms with van der Waals surface area (Å²) in [4.78, 5) is 27.8. The van der Waals surface area contributed by atoms with Crippen LogP contribution in [0.15, 0.2) is 71.3 Å². The minimum atomic E-state index is -0.447. The van der Waals surface area contributed by atoms with Crippen LogP contribution < -0.4 is 5.32 Å². The molecular weight excluding hydrogens is 344 g/mol. The normalized spacial score (nSPS) is 11.6. The lowest BCUT2D eigenvalue weighted by Crippen LogP contribution is -2.28. The number of aromatic nitrogens is 1. The van der Waals surface area contributed by atoms with Gasteiger partial charge in [0.15, 0.2) is 12.4 Å². The fraction of sp³-hybridized carbons (Fsp3) is 0.190. The molecule has 0 saturated carbocycles. The fourth-order valence-corrected chi connectivity index (χ4v) is 2.66. The van der Waals surface area contributed by atoms with Crippen LogP contribution in [0.3, 0.4) is 0 Å². The molecule has 3 rings (SSSR count). The predicted molar refractivity (Wildman–Crippen MR) is 99.4 cm³/mol. The lowest BCUT2D eigenvalue weighted by Gasteiger charge is -2.17. The van der Waals surface area contributed by atoms with Crippen LogP contribution in [0.2, 0.25) is 0 Å². The SMILES string of the molecule is CC(=O)NC(CC(=O)OCc1ncc(-c2ccccc2)o1)c1ccccc1. The van der Waals surface area contributed by atoms with E-state index in [9.17, 15) is 9.59 Å². The number of hydrogen-bond donors (Lipinski definition) is 1. The minimum Gasteiger partial charge on any atom is -0.456 e. The molecule has 6 nitrogen and oxygen atoms in total. The number of esters is 1. The molecule has 0 aliphatic rings. The molecule has 1 aromatic heterocycles. The monoisotopic (exact) mass is 364 g/mol. The van der Waals surface area contributed by atoms with Gasteiger partial charge < -0.3 is 14.5 Å². The van der Waals surface area contributed by atoms with Crippen molar-refractivity contribution in [3.8, 4) is 11.3 Å². The van der Waals surface area contributed by atoms with Gasteiger partial charge in [0, 0.05) is 12.5 Å². The molecule has 1 unspecified atom stereocenters. The fourth-order valence-electron chi connectivity index (χ4n) is 2.66. The van der Waals surface area contributed by atoms with Gasteiger partial charge in [0.2, 0.25) is 11.8 Å². The highest BCUT2D eigenvalue weighted by Gasteiger charge is 2.18. The molecule has 0 aliphatic carbocycles. The van der Waals surface area contributed by atoms with Crippen molar-refractivity contribution >= 4 is 11.9 Å². The molecule has 0 aliphatic heterocycles. The van der Waals surface area contributed by atoms with Gasteiger partial charge >= 0.3 is 5.97 Å². The average Bonchev–Trinajstić information content (AvgIpc) is 3.16. The predicted octanol–water partition coefficient (Wildman–Crippen LogP) is 3.65. The number of nitrogens with zero attached hydrogens (tertiary/aromatic N) is 1. The second kappa shape index (κ2) is 8.80. The first-order valence-corrected chi connectivity index (χ1v) is 8.59. The average molecular weight is 364 g/mol. The summed E-state index contributed by atoms with van der Waals surface area (Å²) in [6.45, 7) is 1.35. The second-order valence-corrected chi connectivity index (χ2v) is 6.01. The summed E-state index contributed by atoms with van der Waals surface area (Å²) in [6.07, 6.45) is 1.62. The maximum absolute atomic E-state index is 12.2. The lowest BCUT2D eigenvalue weighted by molar-refractivity contribution is -0.146. The Morgan fingerprint density at radius 2 is 1.74 bits per heavy atom. The number of oxazole rings is 1. The van der Waals surface area contributed by atoms with Crippen LogP contribution >= 0.6 is 0 Å². The molecule has 0 bridgehead atoms. The smallest absolute Gasteiger partial charge is 0.308 e. The third-order valence-electron chi connectivity index (χ3n) is 3.92. The molecule has 27 heavy (non-hydrogen) atoms. The van der Waals surface area contributed by atoms with Crippen molar-refractivity contribution in [2.45, 2.75) is 26.0 Å². The molecule has 1 atom stereocenters. The molecule has 3 aromatic rings. The van der Waals surface area contributed by atoms with Crippen LogP contribution in [0, 0.1) is 0 Å². The molecule has 6 heteroatoms. The number of rotatable bonds is 7. The first kappa shape index (κ1) is 18.4. The van der Waals surface area contributed by atoms with Crippen molar-refractivity contribution < 1.29 is 18.7 Å². The Morgan fingerprint density at radius 1 is 1.07 bits per heavy atom. The summed E-state index contributed by atoms with van der Waals surface area (Å²) >= 11 is 0. The van der Waals surface area contributed by atoms with E-state index in [1.54, 1.807) is 6.20 Å². The van der Waals surface area contributed by atoms with Crippen molar-refractivity contribution in [3.63, 3.8) is 0 Å². The first-order valence-electron chi connectivity index (χ1n) is 8.59. The molecule has 1 N–H and O–H groups in total. The topological polar surface area (TPSA) is 81.4 Å². The maximum Gasteiger partial charge on any atom is 0.308 e. The molecule has 1 amide bonds. The van der Waals surface area contributed by atoms with Crippen molar-refractivity contribution in [1.82, 2.24) is 10.3 Å². The number of amides is 1. The number of hydrogen-bond acceptors (Lipinski definition) is 5. The van der Waals surface area contributed by atoms with Gasteiger partial charge in [-0.3, -0.25) is 9.59 Å². The van der Waals surface area contributed by atoms with E-state index in [4.69, 9.17) is 9.15 Å². The van der Waals surface area contributed by atoms with Gasteiger partial charge in [-0.15, -0.1) is 0 Å². The van der Waals surface area contributed by atoms with Crippen molar-refractivity contribution in [2.75, 3.05) is 0 Å². The van der Waals surface area contributed by atoms with Gasteiger partial charge in [0.1, 0.15) is 0 Å². The van der Waals surface area contributed by atoms with Crippen LogP contribution in [0.5, 0.6) is 0 Å². The Balaban J connectivity index is 1.58. The van der Waals surface area contributed by atoms with Crippen molar-refractivity contribution in [2.24, 2.45) is 0 Å². The number of benzene rings is 2. The van der Waals surface area contributed by atoms with E-state index in [1.165, 1.54) is 6.92 Å². The summed E-state index contributed by atoms with van der Waals surface area (Å²) in [6, 6.07) is 18.4. The third-order valence-corrected chi connectivity index (χ3v) is 3.92. The molecule has 0 saturated heterocycles. The van der Waals surface area contributed by atoms with Crippen molar-refractivity contribution in [3.05, 3.63) is 78.3 Å². The van der Waals surface area contributed by atoms with E-state index in [0.29, 0.717) is 11.7 Å². The minimum absolute atomic E-state index is 0.0237. The van der Waals surface area contributed by atoms with Crippen LogP contribution in [0.4, 0.5) is 0 Å². The van der Waals surface area contributed by atoms with E-state index < -0.39 is 12.0 Å². The summed E-state index contributed by atoms with van der Waals surface area (Å²) in [5.74, 6) is 0.272. The Kier molecular flexibility index (Phi) is 5.99. The van der Waals surface area contributed by atoms with Gasteiger partial charge in [-0.05, 0) is 5.56 Å². The molecular formula is C21H20N2O4. The largest absolute Gasteiger partial charge is 0.456 e. The zero-order valence-corrected chi connectivity index (χ0v) is 14.9. The standard InChI is InChI=1S/C21H20N2O4/c1-15(24)23-18(16-8-4-2-5-9-16)12-21(25)26-14-20-22-13-19(27-20)17-10-6-3-7-11-17/h2-11,13,18H,12,14H2,1H3,(H,23,24). The van der Waals surface area contributed by atoms with Crippen LogP contribution in [-0.4, -0.2) is 16.9 Å². The summed E-state index contributed by atoms with van der Waals surface area (Å²) in [7, 11) is 0. The highest BCUT2D eigenvalue weighted by atomic mass is 16.5. The second-order valence-electron chi connectivity index (χ2n) is 6.01. The summed E-state index contributed by atoms with van der Waals surface area (Å²) in [5, 5.41) is 2.77. The van der Waals surface area contributed by atoms with Gasteiger partial charge in [-0.2, -0.15) is 0 Å². The Hall–Kier alpha value is -3.41. The quantitative estimate of drug-likeness (QED) is 0.647. The van der Waals surface area contributed by atoms with E-state index in [-0.39, 0.29) is 18.9 Å². The molecule has 2 aromatic carbocycles. The summed E-state index contributed by atoms with van der Waals surface area (Å²) in [5.41, 5.74) is 1.74. The summed E-state index contributed by atoms with van der Waals surface area (Å²) < 4.78 is 10.9. The van der Waals surface area contributed by atoms with Gasteiger partial charge in [-0.1, -0.05) is 60.7 Å². The first-order chi connectivity index (χ1) is 13.1. The highest BCUT2D eigenvalue weighted by molar-refractivity contribution is 5.76. The molecule has 138 valence electrons. The molecule has 0 radical (unpaired) electrons. The zero-order chi connectivity index (χ0) is 19.1. The van der Waals surface area contributed by atoms with Gasteiger partial charge in [-0.25, -0.2) is 4.98 Å². The van der Waals surface area contributed by atoms with E-state index >= 15 is 0 Å². The Bertz CT molecular complexity index is 891. The van der Waals surface area contributed by atoms with E-state index in [2.05, 4.69) is 10.3 Å². The Morgan fingerprint density at radius 3 is 2.41 bits per heavy atom. The van der Waals surface area contributed by atoms with E-state index in [0.717, 1.165) is 11.1 Å². The van der Waals surface area contributed by atoms with Gasteiger partial charge in [0.25, 0.3) is 0 Å². The number of carbonyl (C=O) groups excluding carboxylic acids is 2. The third kappa shape index (κ3) is 5.28. The Labute approximate surface area is 157 Å². The zero-order valence-electron chi connectivity index (χ0n) is 14.9. The van der Waals surface area contributed by atoms with Crippen LogP contribution in [-0.2, 0) is 20.9 Å². The highest BCUT2D eigenvalue weighted by Crippen LogP contribution is 2.21. The van der Waals surface area contributed by atoms with Crippen LogP contribution in [0.1, 0.15) is 30.8 Å². The van der Waals surface area contributed by atoms with Crippen molar-refractivity contribution in [1.29, 1.82) is 0 Å². The van der Waals surface area contributed by atoms with Gasteiger partial charge in [0.05, 0.1) is 18.7 Å². The number of carbonyl (C=O) groups is 2. The molecule has 0 fully saturated rings. The lowest BCUT2D eigenvalue weighted by atomic mass is 10.0. The van der Waals surface area contributed by atoms with E-state index in [1.807, 2.05) is 60.7 Å². The number of nitrogens with one attached hydrogen (secondary N) is 1. The van der Waals surface area contributed by atoms with Crippen LogP contribution in [0.25, 0.3) is 11.3 Å². The molecule has 1 heterocycles.